The Morgan fingerprint density at radius 2 is 2.12 bits per heavy atom. The maximum atomic E-state index is 4.56. The average molecular weight is 489 g/mol. The number of thioether (sulfide) groups is 1. The summed E-state index contributed by atoms with van der Waals surface area (Å²) in [5.74, 6) is 2.02. The number of nitrogens with one attached hydrogen (secondary N) is 2. The molecule has 1 aromatic heterocycles. The quantitative estimate of drug-likeness (QED) is 0.376. The molecule has 1 saturated heterocycles. The van der Waals surface area contributed by atoms with E-state index in [9.17, 15) is 0 Å². The Morgan fingerprint density at radius 3 is 2.81 bits per heavy atom. The topological polar surface area (TPSA) is 52.6 Å². The molecule has 2 aliphatic rings. The first-order valence-corrected chi connectivity index (χ1v) is 10.8. The molecule has 2 fully saturated rings. The van der Waals surface area contributed by atoms with Crippen molar-refractivity contribution < 1.29 is 0 Å². The lowest BCUT2D eigenvalue weighted by molar-refractivity contribution is 0.573. The molecule has 2 atom stereocenters. The molecule has 2 unspecified atom stereocenters. The van der Waals surface area contributed by atoms with Gasteiger partial charge in [-0.1, -0.05) is 0 Å². The van der Waals surface area contributed by atoms with Gasteiger partial charge in [0.15, 0.2) is 5.96 Å². The molecule has 0 bridgehead atoms. The van der Waals surface area contributed by atoms with Crippen molar-refractivity contribution in [1.29, 1.82) is 0 Å². The van der Waals surface area contributed by atoms with Gasteiger partial charge in [-0.3, -0.25) is 4.99 Å². The van der Waals surface area contributed by atoms with Crippen LogP contribution in [0.15, 0.2) is 23.3 Å². The normalized spacial score (nSPS) is 23.5. The van der Waals surface area contributed by atoms with E-state index < -0.39 is 0 Å². The second-order valence-corrected chi connectivity index (χ2v) is 8.15. The van der Waals surface area contributed by atoms with E-state index in [0.717, 1.165) is 36.7 Å². The Hall–Kier alpha value is -0.700. The average Bonchev–Trinajstić information content (AvgIpc) is 3.13. The van der Waals surface area contributed by atoms with Gasteiger partial charge in [0.1, 0.15) is 5.82 Å². The molecule has 1 aromatic rings. The summed E-state index contributed by atoms with van der Waals surface area (Å²) >= 11 is 1.98. The molecule has 0 radical (unpaired) electrons. The maximum Gasteiger partial charge on any atom is 0.191 e. The van der Waals surface area contributed by atoms with Crippen LogP contribution < -0.4 is 15.5 Å². The fraction of sp³-hybridized carbons (Fsp3) is 0.684. The van der Waals surface area contributed by atoms with Gasteiger partial charge in [0, 0.05) is 44.2 Å². The Labute approximate surface area is 179 Å². The largest absolute Gasteiger partial charge is 0.357 e. The second-order valence-electron chi connectivity index (χ2n) is 7.01. The first-order chi connectivity index (χ1) is 12.3. The maximum absolute atomic E-state index is 4.56. The summed E-state index contributed by atoms with van der Waals surface area (Å²) < 4.78 is 0. The molecular weight excluding hydrogens is 457 g/mol. The van der Waals surface area contributed by atoms with Crippen LogP contribution in [-0.2, 0) is 6.54 Å². The van der Waals surface area contributed by atoms with Gasteiger partial charge in [0.25, 0.3) is 0 Å². The van der Waals surface area contributed by atoms with Crippen molar-refractivity contribution in [1.82, 2.24) is 15.6 Å². The number of nitrogens with zero attached hydrogens (tertiary/aromatic N) is 3. The fourth-order valence-corrected chi connectivity index (χ4v) is 4.52. The first-order valence-electron chi connectivity index (χ1n) is 9.48. The van der Waals surface area contributed by atoms with Crippen LogP contribution in [0.5, 0.6) is 0 Å². The molecule has 146 valence electrons. The van der Waals surface area contributed by atoms with Crippen molar-refractivity contribution >= 4 is 47.5 Å². The molecule has 2 heterocycles. The van der Waals surface area contributed by atoms with Crippen molar-refractivity contribution in [3.05, 3.63) is 23.9 Å². The summed E-state index contributed by atoms with van der Waals surface area (Å²) in [5.41, 5.74) is 1.26. The molecule has 0 spiro atoms. The standard InChI is InChI=1S/C19H31N5S.HI/c1-20-19(23-16-6-7-17(13-16)25-2)22-14-15-8-9-21-18(12-15)24-10-4-3-5-11-24;/h8-9,12,16-17H,3-7,10-11,13-14H2,1-2H3,(H2,20,22,23);1H. The third-order valence-electron chi connectivity index (χ3n) is 5.23. The zero-order valence-corrected chi connectivity index (χ0v) is 19.1. The number of hydrogen-bond donors (Lipinski definition) is 2. The van der Waals surface area contributed by atoms with Crippen LogP contribution in [0.4, 0.5) is 5.82 Å². The van der Waals surface area contributed by atoms with Crippen molar-refractivity contribution in [3.63, 3.8) is 0 Å². The van der Waals surface area contributed by atoms with E-state index in [2.05, 4.69) is 43.9 Å². The Morgan fingerprint density at radius 1 is 1.31 bits per heavy atom. The molecule has 0 amide bonds. The number of piperidine rings is 1. The first kappa shape index (κ1) is 21.6. The minimum absolute atomic E-state index is 0. The molecule has 1 saturated carbocycles. The number of halogens is 1. The van der Waals surface area contributed by atoms with Gasteiger partial charge in [-0.2, -0.15) is 11.8 Å². The van der Waals surface area contributed by atoms with Crippen LogP contribution >= 0.6 is 35.7 Å². The van der Waals surface area contributed by atoms with E-state index in [4.69, 9.17) is 0 Å². The second kappa shape index (κ2) is 11.2. The van der Waals surface area contributed by atoms with Crippen LogP contribution in [0.3, 0.4) is 0 Å². The fourth-order valence-electron chi connectivity index (χ4n) is 3.73. The van der Waals surface area contributed by atoms with Crippen LogP contribution in [0.2, 0.25) is 0 Å². The number of rotatable bonds is 5. The zero-order chi connectivity index (χ0) is 17.5. The summed E-state index contributed by atoms with van der Waals surface area (Å²) in [4.78, 5) is 11.4. The molecule has 26 heavy (non-hydrogen) atoms. The minimum atomic E-state index is 0. The Balaban J connectivity index is 0.00000243. The molecule has 5 nitrogen and oxygen atoms in total. The van der Waals surface area contributed by atoms with E-state index in [1.807, 2.05) is 25.0 Å². The smallest absolute Gasteiger partial charge is 0.191 e. The summed E-state index contributed by atoms with van der Waals surface area (Å²) in [6.07, 6.45) is 11.8. The van der Waals surface area contributed by atoms with Crippen molar-refractivity contribution in [2.24, 2.45) is 4.99 Å². The lowest BCUT2D eigenvalue weighted by Crippen LogP contribution is -2.42. The lowest BCUT2D eigenvalue weighted by atomic mass is 10.1. The minimum Gasteiger partial charge on any atom is -0.357 e. The van der Waals surface area contributed by atoms with Gasteiger partial charge < -0.3 is 15.5 Å². The SMILES string of the molecule is CN=C(NCc1ccnc(N2CCCCC2)c1)NC1CCC(SC)C1.I. The summed E-state index contributed by atoms with van der Waals surface area (Å²) in [6, 6.07) is 4.85. The molecule has 7 heteroatoms. The molecule has 3 rings (SSSR count). The van der Waals surface area contributed by atoms with Gasteiger partial charge in [-0.15, -0.1) is 24.0 Å². The van der Waals surface area contributed by atoms with Crippen LogP contribution in [0.1, 0.15) is 44.1 Å². The predicted octanol–water partition coefficient (Wildman–Crippen LogP) is 3.64. The van der Waals surface area contributed by atoms with Crippen LogP contribution in [0.25, 0.3) is 0 Å². The van der Waals surface area contributed by atoms with E-state index in [-0.39, 0.29) is 24.0 Å². The van der Waals surface area contributed by atoms with E-state index in [0.29, 0.717) is 6.04 Å². The molecule has 1 aliphatic heterocycles. The Bertz CT molecular complexity index is 577. The summed E-state index contributed by atoms with van der Waals surface area (Å²) in [5, 5.41) is 7.83. The van der Waals surface area contributed by atoms with Crippen molar-refractivity contribution in [2.45, 2.75) is 56.4 Å². The van der Waals surface area contributed by atoms with Crippen LogP contribution in [-0.4, -0.2) is 48.6 Å². The lowest BCUT2D eigenvalue weighted by Gasteiger charge is -2.28. The highest BCUT2D eigenvalue weighted by Crippen LogP contribution is 2.28. The third-order valence-corrected chi connectivity index (χ3v) is 6.33. The number of aromatic nitrogens is 1. The van der Waals surface area contributed by atoms with E-state index in [1.165, 1.54) is 44.1 Å². The summed E-state index contributed by atoms with van der Waals surface area (Å²) in [7, 11) is 1.85. The molecule has 0 aromatic carbocycles. The van der Waals surface area contributed by atoms with Crippen LogP contribution in [0, 0.1) is 0 Å². The van der Waals surface area contributed by atoms with Gasteiger partial charge in [0.05, 0.1) is 0 Å². The molecular formula is C19H32IN5S. The number of anilines is 1. The monoisotopic (exact) mass is 489 g/mol. The third kappa shape index (κ3) is 6.18. The molecule has 2 N–H and O–H groups in total. The van der Waals surface area contributed by atoms with Gasteiger partial charge >= 0.3 is 0 Å². The summed E-state index contributed by atoms with van der Waals surface area (Å²) in [6.45, 7) is 3.04. The number of hydrogen-bond acceptors (Lipinski definition) is 4. The van der Waals surface area contributed by atoms with Gasteiger partial charge in [-0.25, -0.2) is 4.98 Å². The van der Waals surface area contributed by atoms with E-state index in [1.54, 1.807) is 0 Å². The van der Waals surface area contributed by atoms with Crippen molar-refractivity contribution in [2.75, 3.05) is 31.3 Å². The highest BCUT2D eigenvalue weighted by Gasteiger charge is 2.24. The molecule has 1 aliphatic carbocycles. The van der Waals surface area contributed by atoms with Gasteiger partial charge in [0.2, 0.25) is 0 Å². The highest BCUT2D eigenvalue weighted by molar-refractivity contribution is 14.0. The number of guanidine groups is 1. The highest BCUT2D eigenvalue weighted by atomic mass is 127. The number of aliphatic imine (C=N–C) groups is 1. The van der Waals surface area contributed by atoms with Gasteiger partial charge in [-0.05, 0) is 62.5 Å². The zero-order valence-electron chi connectivity index (χ0n) is 15.9. The van der Waals surface area contributed by atoms with E-state index >= 15 is 0 Å². The predicted molar refractivity (Wildman–Crippen MR) is 124 cm³/mol. The van der Waals surface area contributed by atoms with Crippen molar-refractivity contribution in [3.8, 4) is 0 Å². The number of pyridine rings is 1. The Kier molecular flexibility index (Phi) is 9.31.